The fourth-order valence-corrected chi connectivity index (χ4v) is 3.35. The van der Waals surface area contributed by atoms with E-state index in [4.69, 9.17) is 9.47 Å². The Hall–Kier alpha value is -3.78. The Morgan fingerprint density at radius 2 is 1.72 bits per heavy atom. The number of carbonyl (C=O) groups excluding carboxylic acids is 1. The van der Waals surface area contributed by atoms with Crippen LogP contribution in [0.25, 0.3) is 11.2 Å². The molecule has 32 heavy (non-hydrogen) atoms. The number of esters is 1. The summed E-state index contributed by atoms with van der Waals surface area (Å²) in [7, 11) is 3.81. The lowest BCUT2D eigenvalue weighted by atomic mass is 10.2. The second-order valence-electron chi connectivity index (χ2n) is 7.55. The van der Waals surface area contributed by atoms with Gasteiger partial charge in [0, 0.05) is 14.1 Å². The van der Waals surface area contributed by atoms with Crippen molar-refractivity contribution < 1.29 is 14.3 Å². The molecule has 1 unspecified atom stereocenters. The molecule has 0 aliphatic carbocycles. The maximum Gasteiger partial charge on any atom is 0.338 e. The summed E-state index contributed by atoms with van der Waals surface area (Å²) in [6.07, 6.45) is 2.67. The molecular formula is C24H25N5O3. The molecule has 0 saturated carbocycles. The molecule has 1 atom stereocenters. The van der Waals surface area contributed by atoms with Gasteiger partial charge in [0.05, 0.1) is 31.6 Å². The van der Waals surface area contributed by atoms with Crippen molar-refractivity contribution in [3.8, 4) is 0 Å². The number of imidazole rings is 1. The molecular weight excluding hydrogens is 406 g/mol. The van der Waals surface area contributed by atoms with Crippen molar-refractivity contribution in [2.45, 2.75) is 19.3 Å². The molecule has 4 aromatic rings. The van der Waals surface area contributed by atoms with Crippen LogP contribution in [0.15, 0.2) is 73.3 Å². The van der Waals surface area contributed by atoms with E-state index in [1.807, 2.05) is 60.0 Å². The molecule has 0 spiro atoms. The van der Waals surface area contributed by atoms with E-state index in [1.54, 1.807) is 30.6 Å². The zero-order valence-corrected chi connectivity index (χ0v) is 18.1. The predicted molar refractivity (Wildman–Crippen MR) is 121 cm³/mol. The maximum atomic E-state index is 12.7. The molecule has 8 nitrogen and oxygen atoms in total. The fourth-order valence-electron chi connectivity index (χ4n) is 3.35. The smallest absolute Gasteiger partial charge is 0.338 e. The minimum Gasteiger partial charge on any atom is -0.454 e. The third-order valence-corrected chi connectivity index (χ3v) is 4.90. The van der Waals surface area contributed by atoms with Gasteiger partial charge in [0.15, 0.2) is 17.0 Å². The second kappa shape index (κ2) is 10.0. The molecule has 0 N–H and O–H groups in total. The molecule has 2 heterocycles. The summed E-state index contributed by atoms with van der Waals surface area (Å²) in [5.74, 6) is 0.332. The maximum absolute atomic E-state index is 12.7. The fraction of sp³-hybridized carbons (Fsp3) is 0.250. The molecule has 0 amide bonds. The van der Waals surface area contributed by atoms with Crippen molar-refractivity contribution >= 4 is 23.0 Å². The Labute approximate surface area is 186 Å². The Morgan fingerprint density at radius 1 is 1.00 bits per heavy atom. The molecule has 0 aliphatic rings. The number of benzene rings is 2. The van der Waals surface area contributed by atoms with E-state index in [1.165, 1.54) is 6.33 Å². The molecule has 0 aliphatic heterocycles. The summed E-state index contributed by atoms with van der Waals surface area (Å²) in [6.45, 7) is 1.02. The largest absolute Gasteiger partial charge is 0.454 e. The second-order valence-corrected chi connectivity index (χ2v) is 7.55. The van der Waals surface area contributed by atoms with Gasteiger partial charge in [0.25, 0.3) is 0 Å². The van der Waals surface area contributed by atoms with Gasteiger partial charge < -0.3 is 18.9 Å². The van der Waals surface area contributed by atoms with Crippen molar-refractivity contribution in [3.63, 3.8) is 0 Å². The summed E-state index contributed by atoms with van der Waals surface area (Å²) >= 11 is 0. The number of fused-ring (bicyclic) bond motifs is 1. The molecule has 8 heteroatoms. The molecule has 4 rings (SSSR count). The predicted octanol–water partition coefficient (Wildman–Crippen LogP) is 3.33. The van der Waals surface area contributed by atoms with Gasteiger partial charge >= 0.3 is 5.97 Å². The summed E-state index contributed by atoms with van der Waals surface area (Å²) in [4.78, 5) is 27.7. The van der Waals surface area contributed by atoms with Crippen molar-refractivity contribution in [1.82, 2.24) is 19.5 Å². The van der Waals surface area contributed by atoms with E-state index < -0.39 is 12.1 Å². The lowest BCUT2D eigenvalue weighted by molar-refractivity contribution is -0.0135. The minimum absolute atomic E-state index is 0.235. The van der Waals surface area contributed by atoms with Gasteiger partial charge in [-0.15, -0.1) is 0 Å². The van der Waals surface area contributed by atoms with Crippen molar-refractivity contribution in [3.05, 3.63) is 84.4 Å². The third kappa shape index (κ3) is 5.09. The topological polar surface area (TPSA) is 82.4 Å². The van der Waals surface area contributed by atoms with Gasteiger partial charge in [0.2, 0.25) is 0 Å². The van der Waals surface area contributed by atoms with Crippen LogP contribution < -0.4 is 4.90 Å². The minimum atomic E-state index is -0.526. The molecule has 0 radical (unpaired) electrons. The zero-order valence-electron chi connectivity index (χ0n) is 18.1. The Balaban J connectivity index is 1.52. The van der Waals surface area contributed by atoms with Crippen LogP contribution in [0.2, 0.25) is 0 Å². The lowest BCUT2D eigenvalue weighted by Crippen LogP contribution is -2.28. The number of hydrogen-bond acceptors (Lipinski definition) is 7. The summed E-state index contributed by atoms with van der Waals surface area (Å²) in [6, 6.07) is 18.8. The number of aromatic nitrogens is 4. The summed E-state index contributed by atoms with van der Waals surface area (Å²) in [5, 5.41) is 0. The number of nitrogens with zero attached hydrogens (tertiary/aromatic N) is 5. The van der Waals surface area contributed by atoms with Gasteiger partial charge in [-0.25, -0.2) is 19.7 Å². The van der Waals surface area contributed by atoms with E-state index in [9.17, 15) is 4.79 Å². The quantitative estimate of drug-likeness (QED) is 0.376. The zero-order chi connectivity index (χ0) is 22.3. The van der Waals surface area contributed by atoms with E-state index >= 15 is 0 Å². The van der Waals surface area contributed by atoms with Crippen LogP contribution in [0.5, 0.6) is 0 Å². The highest BCUT2D eigenvalue weighted by Gasteiger charge is 2.20. The number of carbonyl (C=O) groups is 1. The Bertz CT molecular complexity index is 1160. The van der Waals surface area contributed by atoms with E-state index in [-0.39, 0.29) is 6.61 Å². The number of ether oxygens (including phenoxy) is 2. The molecule has 0 bridgehead atoms. The number of anilines is 1. The number of rotatable bonds is 9. The first-order valence-corrected chi connectivity index (χ1v) is 10.3. The highest BCUT2D eigenvalue weighted by atomic mass is 16.6. The lowest BCUT2D eigenvalue weighted by Gasteiger charge is -2.19. The average Bonchev–Trinajstić information content (AvgIpc) is 3.23. The summed E-state index contributed by atoms with van der Waals surface area (Å²) in [5.41, 5.74) is 2.91. The van der Waals surface area contributed by atoms with Gasteiger partial charge in [-0.2, -0.15) is 0 Å². The average molecular weight is 431 g/mol. The SMILES string of the molecule is CN(C)c1ncnc2c1ncn2CC(COCc1ccccc1)OC(=O)c1ccccc1. The van der Waals surface area contributed by atoms with Crippen LogP contribution in [-0.4, -0.2) is 52.3 Å². The molecule has 0 saturated heterocycles. The van der Waals surface area contributed by atoms with Gasteiger partial charge in [0.1, 0.15) is 12.4 Å². The highest BCUT2D eigenvalue weighted by molar-refractivity contribution is 5.89. The molecule has 2 aromatic heterocycles. The van der Waals surface area contributed by atoms with E-state index in [2.05, 4.69) is 15.0 Å². The van der Waals surface area contributed by atoms with Crippen LogP contribution in [0, 0.1) is 0 Å². The monoisotopic (exact) mass is 431 g/mol. The van der Waals surface area contributed by atoms with Crippen molar-refractivity contribution in [2.24, 2.45) is 0 Å². The number of hydrogen-bond donors (Lipinski definition) is 0. The normalized spacial score (nSPS) is 11.9. The molecule has 0 fully saturated rings. The summed E-state index contributed by atoms with van der Waals surface area (Å²) < 4.78 is 13.6. The van der Waals surface area contributed by atoms with Crippen molar-refractivity contribution in [2.75, 3.05) is 25.6 Å². The van der Waals surface area contributed by atoms with E-state index in [0.29, 0.717) is 29.9 Å². The first-order chi connectivity index (χ1) is 15.6. The Morgan fingerprint density at radius 3 is 2.44 bits per heavy atom. The molecule has 164 valence electrons. The highest BCUT2D eigenvalue weighted by Crippen LogP contribution is 2.20. The van der Waals surface area contributed by atoms with Crippen molar-refractivity contribution in [1.29, 1.82) is 0 Å². The van der Waals surface area contributed by atoms with Crippen LogP contribution in [0.3, 0.4) is 0 Å². The first kappa shape index (κ1) is 21.5. The van der Waals surface area contributed by atoms with Gasteiger partial charge in [-0.3, -0.25) is 0 Å². The van der Waals surface area contributed by atoms with Crippen LogP contribution in [0.1, 0.15) is 15.9 Å². The third-order valence-electron chi connectivity index (χ3n) is 4.90. The van der Waals surface area contributed by atoms with Crippen LogP contribution in [-0.2, 0) is 22.6 Å². The van der Waals surface area contributed by atoms with Gasteiger partial charge in [-0.05, 0) is 17.7 Å². The van der Waals surface area contributed by atoms with Gasteiger partial charge in [-0.1, -0.05) is 48.5 Å². The van der Waals surface area contributed by atoms with E-state index in [0.717, 1.165) is 11.4 Å². The van der Waals surface area contributed by atoms with Crippen LogP contribution in [0.4, 0.5) is 5.82 Å². The first-order valence-electron chi connectivity index (χ1n) is 10.3. The van der Waals surface area contributed by atoms with Crippen LogP contribution >= 0.6 is 0 Å². The molecule has 2 aromatic carbocycles. The Kier molecular flexibility index (Phi) is 6.72. The standard InChI is InChI=1S/C24H25N5O3/c1-28(2)22-21-23(26-16-25-22)29(17-27-21)13-20(15-31-14-18-9-5-3-6-10-18)32-24(30)19-11-7-4-8-12-19/h3-12,16-17,20H,13-15H2,1-2H3.